The largest absolute Gasteiger partial charge is 0.376 e. The fourth-order valence-electron chi connectivity index (χ4n) is 3.23. The van der Waals surface area contributed by atoms with Gasteiger partial charge in [-0.2, -0.15) is 0 Å². The first kappa shape index (κ1) is 24.5. The van der Waals surface area contributed by atoms with Gasteiger partial charge in [0, 0.05) is 35.6 Å². The lowest BCUT2D eigenvalue weighted by Crippen LogP contribution is -2.23. The molecule has 0 radical (unpaired) electrons. The summed E-state index contributed by atoms with van der Waals surface area (Å²) in [5.41, 5.74) is 3.64. The second kappa shape index (κ2) is 12.2. The maximum atomic E-state index is 12.3. The Kier molecular flexibility index (Phi) is 8.80. The van der Waals surface area contributed by atoms with Crippen LogP contribution in [-0.4, -0.2) is 24.3 Å². The molecule has 0 aliphatic carbocycles. The quantitative estimate of drug-likeness (QED) is 0.355. The standard InChI is InChI=1S/C27H30N4O3/c1-19(2)16-25(32)30-24-14-12-22(13-15-24)28-18-26(33)31-23-10-8-21(9-11-23)27(34)29-17-20-6-4-3-5-7-20/h3-15,19,28H,16-18H2,1-2H3,(H,29,34)(H,30,32)(H,31,33). The molecule has 0 saturated carbocycles. The minimum absolute atomic E-state index is 0.0187. The highest BCUT2D eigenvalue weighted by molar-refractivity contribution is 5.96. The summed E-state index contributed by atoms with van der Waals surface area (Å²) in [6.45, 7) is 4.53. The Morgan fingerprint density at radius 3 is 1.88 bits per heavy atom. The van der Waals surface area contributed by atoms with E-state index < -0.39 is 0 Å². The summed E-state index contributed by atoms with van der Waals surface area (Å²) in [5.74, 6) is -0.106. The minimum atomic E-state index is -0.212. The molecule has 0 aliphatic rings. The molecule has 7 nitrogen and oxygen atoms in total. The zero-order valence-corrected chi connectivity index (χ0v) is 19.4. The highest BCUT2D eigenvalue weighted by Gasteiger charge is 2.08. The van der Waals surface area contributed by atoms with Gasteiger partial charge in [-0.25, -0.2) is 0 Å². The van der Waals surface area contributed by atoms with Crippen molar-refractivity contribution in [3.05, 3.63) is 90.0 Å². The Morgan fingerprint density at radius 1 is 0.706 bits per heavy atom. The zero-order chi connectivity index (χ0) is 24.3. The molecule has 3 rings (SSSR count). The third kappa shape index (κ3) is 8.09. The summed E-state index contributed by atoms with van der Waals surface area (Å²) in [6, 6.07) is 23.6. The van der Waals surface area contributed by atoms with Crippen LogP contribution in [0.25, 0.3) is 0 Å². The normalized spacial score (nSPS) is 10.4. The molecule has 3 aromatic rings. The smallest absolute Gasteiger partial charge is 0.251 e. The maximum Gasteiger partial charge on any atom is 0.251 e. The van der Waals surface area contributed by atoms with Crippen LogP contribution in [-0.2, 0) is 16.1 Å². The van der Waals surface area contributed by atoms with Crippen molar-refractivity contribution in [3.63, 3.8) is 0 Å². The second-order valence-electron chi connectivity index (χ2n) is 8.37. The Labute approximate surface area is 200 Å². The predicted octanol–water partition coefficient (Wildman–Crippen LogP) is 4.65. The number of carbonyl (C=O) groups is 3. The fourth-order valence-corrected chi connectivity index (χ4v) is 3.23. The van der Waals surface area contributed by atoms with Crippen molar-refractivity contribution in [2.45, 2.75) is 26.8 Å². The van der Waals surface area contributed by atoms with Gasteiger partial charge in [0.2, 0.25) is 11.8 Å². The number of rotatable bonds is 10. The molecule has 3 aromatic carbocycles. The average Bonchev–Trinajstić information content (AvgIpc) is 2.83. The van der Waals surface area contributed by atoms with Crippen LogP contribution >= 0.6 is 0 Å². The molecule has 0 heterocycles. The van der Waals surface area contributed by atoms with Gasteiger partial charge in [-0.05, 0) is 60.0 Å². The summed E-state index contributed by atoms with van der Waals surface area (Å²) < 4.78 is 0. The number of nitrogens with one attached hydrogen (secondary N) is 4. The zero-order valence-electron chi connectivity index (χ0n) is 19.4. The molecular formula is C27H30N4O3. The van der Waals surface area contributed by atoms with Crippen LogP contribution in [0.15, 0.2) is 78.9 Å². The van der Waals surface area contributed by atoms with Crippen molar-refractivity contribution < 1.29 is 14.4 Å². The minimum Gasteiger partial charge on any atom is -0.376 e. The van der Waals surface area contributed by atoms with Crippen molar-refractivity contribution >= 4 is 34.8 Å². The summed E-state index contributed by atoms with van der Waals surface area (Å²) >= 11 is 0. The average molecular weight is 459 g/mol. The predicted molar refractivity (Wildman–Crippen MR) is 136 cm³/mol. The molecule has 3 amide bonds. The summed E-state index contributed by atoms with van der Waals surface area (Å²) in [5, 5.41) is 11.6. The van der Waals surface area contributed by atoms with E-state index in [1.165, 1.54) is 0 Å². The van der Waals surface area contributed by atoms with Gasteiger partial charge < -0.3 is 21.3 Å². The third-order valence-corrected chi connectivity index (χ3v) is 4.94. The van der Waals surface area contributed by atoms with Crippen LogP contribution in [0.1, 0.15) is 36.2 Å². The van der Waals surface area contributed by atoms with E-state index in [1.807, 2.05) is 44.2 Å². The molecule has 0 aliphatic heterocycles. The molecule has 176 valence electrons. The van der Waals surface area contributed by atoms with Gasteiger partial charge >= 0.3 is 0 Å². The first-order valence-corrected chi connectivity index (χ1v) is 11.2. The molecule has 0 fully saturated rings. The first-order valence-electron chi connectivity index (χ1n) is 11.2. The lowest BCUT2D eigenvalue weighted by Gasteiger charge is -2.10. The van der Waals surface area contributed by atoms with Crippen molar-refractivity contribution in [1.29, 1.82) is 0 Å². The van der Waals surface area contributed by atoms with Gasteiger partial charge in [0.05, 0.1) is 6.54 Å². The topological polar surface area (TPSA) is 99.3 Å². The fraction of sp³-hybridized carbons (Fsp3) is 0.222. The summed E-state index contributed by atoms with van der Waals surface area (Å²) in [6.07, 6.45) is 0.472. The molecule has 0 spiro atoms. The van der Waals surface area contributed by atoms with Crippen molar-refractivity contribution in [2.75, 3.05) is 22.5 Å². The number of anilines is 3. The lowest BCUT2D eigenvalue weighted by atomic mass is 10.1. The lowest BCUT2D eigenvalue weighted by molar-refractivity contribution is -0.117. The van der Waals surface area contributed by atoms with E-state index in [1.54, 1.807) is 48.5 Å². The van der Waals surface area contributed by atoms with E-state index in [9.17, 15) is 14.4 Å². The number of hydrogen-bond acceptors (Lipinski definition) is 4. The van der Waals surface area contributed by atoms with Crippen LogP contribution in [0.3, 0.4) is 0 Å². The second-order valence-corrected chi connectivity index (χ2v) is 8.37. The van der Waals surface area contributed by atoms with Gasteiger partial charge in [0.25, 0.3) is 5.91 Å². The molecule has 0 saturated heterocycles. The van der Waals surface area contributed by atoms with Gasteiger partial charge in [-0.3, -0.25) is 14.4 Å². The molecule has 0 unspecified atom stereocenters. The van der Waals surface area contributed by atoms with Gasteiger partial charge in [-0.15, -0.1) is 0 Å². The van der Waals surface area contributed by atoms with Crippen LogP contribution < -0.4 is 21.3 Å². The van der Waals surface area contributed by atoms with E-state index >= 15 is 0 Å². The molecule has 7 heteroatoms. The van der Waals surface area contributed by atoms with Crippen molar-refractivity contribution in [2.24, 2.45) is 5.92 Å². The highest BCUT2D eigenvalue weighted by Crippen LogP contribution is 2.15. The molecule has 0 aromatic heterocycles. The van der Waals surface area contributed by atoms with E-state index in [4.69, 9.17) is 0 Å². The van der Waals surface area contributed by atoms with Gasteiger partial charge in [0.1, 0.15) is 0 Å². The third-order valence-electron chi connectivity index (χ3n) is 4.94. The molecule has 34 heavy (non-hydrogen) atoms. The molecule has 0 bridgehead atoms. The number of benzene rings is 3. The Morgan fingerprint density at radius 2 is 1.26 bits per heavy atom. The monoisotopic (exact) mass is 458 g/mol. The van der Waals surface area contributed by atoms with Crippen LogP contribution in [0.4, 0.5) is 17.1 Å². The Balaban J connectivity index is 1.42. The Hall–Kier alpha value is -4.13. The van der Waals surface area contributed by atoms with E-state index in [2.05, 4.69) is 21.3 Å². The van der Waals surface area contributed by atoms with Crippen molar-refractivity contribution in [1.82, 2.24) is 5.32 Å². The number of hydrogen-bond donors (Lipinski definition) is 4. The number of carbonyl (C=O) groups excluding carboxylic acids is 3. The molecule has 0 atom stereocenters. The molecular weight excluding hydrogens is 428 g/mol. The van der Waals surface area contributed by atoms with Crippen LogP contribution in [0.5, 0.6) is 0 Å². The SMILES string of the molecule is CC(C)CC(=O)Nc1ccc(NCC(=O)Nc2ccc(C(=O)NCc3ccccc3)cc2)cc1. The first-order chi connectivity index (χ1) is 16.4. The Bertz CT molecular complexity index is 1090. The summed E-state index contributed by atoms with van der Waals surface area (Å²) in [4.78, 5) is 36.4. The summed E-state index contributed by atoms with van der Waals surface area (Å²) in [7, 11) is 0. The molecule has 4 N–H and O–H groups in total. The van der Waals surface area contributed by atoms with E-state index in [0.29, 0.717) is 35.8 Å². The van der Waals surface area contributed by atoms with Crippen LogP contribution in [0.2, 0.25) is 0 Å². The van der Waals surface area contributed by atoms with Crippen molar-refractivity contribution in [3.8, 4) is 0 Å². The van der Waals surface area contributed by atoms with Gasteiger partial charge in [-0.1, -0.05) is 44.2 Å². The van der Waals surface area contributed by atoms with Gasteiger partial charge in [0.15, 0.2) is 0 Å². The van der Waals surface area contributed by atoms with E-state index in [0.717, 1.165) is 11.3 Å². The van der Waals surface area contributed by atoms with Crippen LogP contribution in [0, 0.1) is 5.92 Å². The number of amides is 3. The maximum absolute atomic E-state index is 12.3. The van der Waals surface area contributed by atoms with E-state index in [-0.39, 0.29) is 24.3 Å². The highest BCUT2D eigenvalue weighted by atomic mass is 16.2.